The minimum absolute atomic E-state index is 0.00431. The van der Waals surface area contributed by atoms with Crippen LogP contribution in [0.5, 0.6) is 5.75 Å². The fourth-order valence-electron chi connectivity index (χ4n) is 2.72. The molecule has 0 bridgehead atoms. The highest BCUT2D eigenvalue weighted by Gasteiger charge is 2.18. The van der Waals surface area contributed by atoms with Crippen LogP contribution >= 0.6 is 22.9 Å². The number of hydrogen-bond donors (Lipinski definition) is 0. The third-order valence-corrected chi connectivity index (χ3v) is 5.34. The van der Waals surface area contributed by atoms with E-state index in [4.69, 9.17) is 16.3 Å². The topological polar surface area (TPSA) is 29.5 Å². The molecule has 0 spiro atoms. The number of carbonyl (C=O) groups is 1. The third kappa shape index (κ3) is 4.33. The molecule has 3 nitrogen and oxygen atoms in total. The van der Waals surface area contributed by atoms with Crippen LogP contribution in [0.2, 0.25) is 0 Å². The van der Waals surface area contributed by atoms with Crippen LogP contribution in [0.4, 0.5) is 0 Å². The van der Waals surface area contributed by atoms with Gasteiger partial charge in [0.2, 0.25) is 5.91 Å². The number of hydrogen-bond acceptors (Lipinski definition) is 3. The van der Waals surface area contributed by atoms with Gasteiger partial charge in [0, 0.05) is 30.3 Å². The number of benzene rings is 2. The highest BCUT2D eigenvalue weighted by molar-refractivity contribution is 7.10. The molecule has 2 aromatic carbocycles. The minimum atomic E-state index is -0.101. The predicted molar refractivity (Wildman–Crippen MR) is 105 cm³/mol. The summed E-state index contributed by atoms with van der Waals surface area (Å²) >= 11 is 7.30. The van der Waals surface area contributed by atoms with Crippen LogP contribution in [0, 0.1) is 0 Å². The van der Waals surface area contributed by atoms with Gasteiger partial charge in [-0.1, -0.05) is 42.5 Å². The van der Waals surface area contributed by atoms with Gasteiger partial charge in [0.25, 0.3) is 0 Å². The Morgan fingerprint density at radius 3 is 2.72 bits per heavy atom. The Morgan fingerprint density at radius 2 is 1.96 bits per heavy atom. The number of nitrogens with zero attached hydrogens (tertiary/aromatic N) is 1. The summed E-state index contributed by atoms with van der Waals surface area (Å²) in [6.07, 6.45) is 0.611. The van der Waals surface area contributed by atoms with Crippen molar-refractivity contribution in [2.24, 2.45) is 0 Å². The lowest BCUT2D eigenvalue weighted by Gasteiger charge is -2.22. The molecule has 3 aromatic rings. The summed E-state index contributed by atoms with van der Waals surface area (Å²) in [4.78, 5) is 14.5. The molecule has 0 N–H and O–H groups in total. The fraction of sp³-hybridized carbons (Fsp3) is 0.250. The lowest BCUT2D eigenvalue weighted by Crippen LogP contribution is -2.30. The molecular weight excluding hydrogens is 354 g/mol. The summed E-state index contributed by atoms with van der Waals surface area (Å²) in [5.74, 6) is 0.796. The average Bonchev–Trinajstić information content (AvgIpc) is 3.18. The van der Waals surface area contributed by atoms with E-state index in [0.29, 0.717) is 13.0 Å². The molecule has 25 heavy (non-hydrogen) atoms. The predicted octanol–water partition coefficient (Wildman–Crippen LogP) is 5.11. The first-order chi connectivity index (χ1) is 12.2. The van der Waals surface area contributed by atoms with E-state index < -0.39 is 0 Å². The highest BCUT2D eigenvalue weighted by Crippen LogP contribution is 2.32. The molecule has 0 saturated carbocycles. The van der Waals surface area contributed by atoms with Crippen LogP contribution in [-0.4, -0.2) is 30.3 Å². The van der Waals surface area contributed by atoms with Crippen LogP contribution < -0.4 is 4.74 Å². The number of halogens is 1. The summed E-state index contributed by atoms with van der Waals surface area (Å²) in [6.45, 7) is 0.596. The SMILES string of the molecule is CN(CCC(Oc1cccc2ccccc12)c1cccs1)C(=O)CCl. The van der Waals surface area contributed by atoms with Crippen LogP contribution in [0.15, 0.2) is 60.0 Å². The smallest absolute Gasteiger partial charge is 0.237 e. The van der Waals surface area contributed by atoms with Crippen LogP contribution in [0.3, 0.4) is 0 Å². The molecule has 1 unspecified atom stereocenters. The first-order valence-corrected chi connectivity index (χ1v) is 9.58. The van der Waals surface area contributed by atoms with E-state index in [0.717, 1.165) is 21.4 Å². The lowest BCUT2D eigenvalue weighted by molar-refractivity contribution is -0.127. The van der Waals surface area contributed by atoms with Gasteiger partial charge < -0.3 is 9.64 Å². The number of alkyl halides is 1. The molecule has 3 rings (SSSR count). The standard InChI is InChI=1S/C20H20ClNO2S/c1-22(20(23)14-21)12-11-18(19-10-5-13-25-19)24-17-9-4-7-15-6-2-3-8-16(15)17/h2-10,13,18H,11-12,14H2,1H3. The summed E-state index contributed by atoms with van der Waals surface area (Å²) < 4.78 is 6.38. The largest absolute Gasteiger partial charge is 0.484 e. The van der Waals surface area contributed by atoms with E-state index in [1.807, 2.05) is 35.7 Å². The Balaban J connectivity index is 1.81. The summed E-state index contributed by atoms with van der Waals surface area (Å²) in [5, 5.41) is 4.29. The van der Waals surface area contributed by atoms with E-state index in [1.54, 1.807) is 23.3 Å². The number of ether oxygens (including phenoxy) is 1. The molecule has 1 aromatic heterocycles. The summed E-state index contributed by atoms with van der Waals surface area (Å²) in [5.41, 5.74) is 0. The molecule has 5 heteroatoms. The average molecular weight is 374 g/mol. The first-order valence-electron chi connectivity index (χ1n) is 8.17. The van der Waals surface area contributed by atoms with Gasteiger partial charge in [-0.15, -0.1) is 22.9 Å². The number of carbonyl (C=O) groups excluding carboxylic acids is 1. The maximum Gasteiger partial charge on any atom is 0.237 e. The maximum absolute atomic E-state index is 11.7. The van der Waals surface area contributed by atoms with Gasteiger partial charge in [0.05, 0.1) is 0 Å². The van der Waals surface area contributed by atoms with Crippen molar-refractivity contribution in [3.63, 3.8) is 0 Å². The molecule has 0 aliphatic heterocycles. The zero-order valence-corrected chi connectivity index (χ0v) is 15.6. The number of rotatable bonds is 7. The zero-order chi connectivity index (χ0) is 17.6. The monoisotopic (exact) mass is 373 g/mol. The Kier molecular flexibility index (Phi) is 5.95. The third-order valence-electron chi connectivity index (χ3n) is 4.15. The quantitative estimate of drug-likeness (QED) is 0.538. The Labute approximate surface area is 156 Å². The van der Waals surface area contributed by atoms with Gasteiger partial charge in [0.1, 0.15) is 17.7 Å². The van der Waals surface area contributed by atoms with Crippen molar-refractivity contribution in [1.29, 1.82) is 0 Å². The van der Waals surface area contributed by atoms with E-state index in [1.165, 1.54) is 0 Å². The van der Waals surface area contributed by atoms with Gasteiger partial charge in [0.15, 0.2) is 0 Å². The van der Waals surface area contributed by atoms with Crippen molar-refractivity contribution in [1.82, 2.24) is 4.90 Å². The first kappa shape index (κ1) is 17.8. The van der Waals surface area contributed by atoms with Crippen LogP contribution in [0.25, 0.3) is 10.8 Å². The van der Waals surface area contributed by atoms with Gasteiger partial charge >= 0.3 is 0 Å². The van der Waals surface area contributed by atoms with Crippen LogP contribution in [-0.2, 0) is 4.79 Å². The number of thiophene rings is 1. The van der Waals surface area contributed by atoms with E-state index in [9.17, 15) is 4.79 Å². The van der Waals surface area contributed by atoms with Gasteiger partial charge in [-0.25, -0.2) is 0 Å². The minimum Gasteiger partial charge on any atom is -0.484 e. The van der Waals surface area contributed by atoms with E-state index >= 15 is 0 Å². The molecule has 1 amide bonds. The number of fused-ring (bicyclic) bond motifs is 1. The van der Waals surface area contributed by atoms with Crippen molar-refractivity contribution in [3.05, 3.63) is 64.9 Å². The molecule has 1 heterocycles. The lowest BCUT2D eigenvalue weighted by atomic mass is 10.1. The zero-order valence-electron chi connectivity index (χ0n) is 14.0. The molecule has 0 fully saturated rings. The van der Waals surface area contributed by atoms with Crippen molar-refractivity contribution >= 4 is 39.6 Å². The van der Waals surface area contributed by atoms with Crippen molar-refractivity contribution < 1.29 is 9.53 Å². The normalized spacial score (nSPS) is 12.1. The second-order valence-corrected chi connectivity index (χ2v) is 7.08. The van der Waals surface area contributed by atoms with Crippen molar-refractivity contribution in [2.75, 3.05) is 19.5 Å². The Morgan fingerprint density at radius 1 is 1.16 bits per heavy atom. The molecule has 1 atom stereocenters. The van der Waals surface area contributed by atoms with Crippen molar-refractivity contribution in [2.45, 2.75) is 12.5 Å². The summed E-state index contributed by atoms with van der Waals surface area (Å²) in [6, 6.07) is 18.4. The molecule has 0 radical (unpaired) electrons. The van der Waals surface area contributed by atoms with Crippen LogP contribution in [0.1, 0.15) is 17.4 Å². The maximum atomic E-state index is 11.7. The molecule has 0 saturated heterocycles. The molecule has 0 aliphatic carbocycles. The van der Waals surface area contributed by atoms with Gasteiger partial charge in [-0.3, -0.25) is 4.79 Å². The fourth-order valence-corrected chi connectivity index (χ4v) is 3.72. The van der Waals surface area contributed by atoms with E-state index in [2.05, 4.69) is 24.3 Å². The summed E-state index contributed by atoms with van der Waals surface area (Å²) in [7, 11) is 1.77. The molecule has 130 valence electrons. The highest BCUT2D eigenvalue weighted by atomic mass is 35.5. The van der Waals surface area contributed by atoms with Gasteiger partial charge in [-0.05, 0) is 22.9 Å². The Bertz CT molecular complexity index is 829. The molecular formula is C20H20ClNO2S. The van der Waals surface area contributed by atoms with E-state index in [-0.39, 0.29) is 17.9 Å². The second-order valence-electron chi connectivity index (χ2n) is 5.84. The van der Waals surface area contributed by atoms with Gasteiger partial charge in [-0.2, -0.15) is 0 Å². The number of amides is 1. The second kappa shape index (κ2) is 8.37. The molecule has 0 aliphatic rings. The van der Waals surface area contributed by atoms with Crippen molar-refractivity contribution in [3.8, 4) is 5.75 Å². The Hall–Kier alpha value is -2.04.